The lowest BCUT2D eigenvalue weighted by Gasteiger charge is -2.21. The zero-order chi connectivity index (χ0) is 12.1. The van der Waals surface area contributed by atoms with Crippen molar-refractivity contribution in [2.24, 2.45) is 5.92 Å². The Labute approximate surface area is 96.3 Å². The Kier molecular flexibility index (Phi) is 4.49. The summed E-state index contributed by atoms with van der Waals surface area (Å²) in [6.45, 7) is 6.15. The van der Waals surface area contributed by atoms with Gasteiger partial charge in [0.2, 0.25) is 5.95 Å². The van der Waals surface area contributed by atoms with Crippen LogP contribution in [0.3, 0.4) is 0 Å². The maximum absolute atomic E-state index is 9.25. The van der Waals surface area contributed by atoms with Crippen molar-refractivity contribution >= 4 is 11.8 Å². The van der Waals surface area contributed by atoms with Gasteiger partial charge in [0, 0.05) is 18.8 Å². The minimum absolute atomic E-state index is 0.0123. The van der Waals surface area contributed by atoms with Gasteiger partial charge in [-0.15, -0.1) is 0 Å². The SMILES string of the molecule is CNc1ncc(C)c(NC(CO)C(C)C)n1. The molecule has 0 fully saturated rings. The molecule has 1 aromatic heterocycles. The third-order valence-corrected chi connectivity index (χ3v) is 2.52. The fraction of sp³-hybridized carbons (Fsp3) is 0.636. The molecule has 0 saturated carbocycles. The Morgan fingerprint density at radius 3 is 2.62 bits per heavy atom. The quantitative estimate of drug-likeness (QED) is 0.702. The van der Waals surface area contributed by atoms with Crippen molar-refractivity contribution < 1.29 is 5.11 Å². The van der Waals surface area contributed by atoms with Gasteiger partial charge in [-0.25, -0.2) is 4.98 Å². The molecular formula is C11H20N4O. The van der Waals surface area contributed by atoms with E-state index >= 15 is 0 Å². The van der Waals surface area contributed by atoms with Gasteiger partial charge < -0.3 is 15.7 Å². The van der Waals surface area contributed by atoms with Gasteiger partial charge in [-0.2, -0.15) is 4.98 Å². The molecule has 5 heteroatoms. The largest absolute Gasteiger partial charge is 0.394 e. The molecule has 0 amide bonds. The van der Waals surface area contributed by atoms with Gasteiger partial charge in [-0.1, -0.05) is 13.8 Å². The molecule has 1 heterocycles. The van der Waals surface area contributed by atoms with Gasteiger partial charge >= 0.3 is 0 Å². The van der Waals surface area contributed by atoms with Gasteiger partial charge in [0.1, 0.15) is 5.82 Å². The van der Waals surface area contributed by atoms with E-state index in [1.165, 1.54) is 0 Å². The maximum atomic E-state index is 9.25. The Morgan fingerprint density at radius 1 is 1.44 bits per heavy atom. The molecule has 0 bridgehead atoms. The van der Waals surface area contributed by atoms with Crippen LogP contribution in [0, 0.1) is 12.8 Å². The standard InChI is InChI=1S/C11H20N4O/c1-7(2)9(6-16)14-10-8(3)5-13-11(12-4)15-10/h5,7,9,16H,6H2,1-4H3,(H2,12,13,14,15). The number of nitrogens with one attached hydrogen (secondary N) is 2. The normalized spacial score (nSPS) is 12.6. The molecule has 1 unspecified atom stereocenters. The summed E-state index contributed by atoms with van der Waals surface area (Å²) in [5, 5.41) is 15.4. The summed E-state index contributed by atoms with van der Waals surface area (Å²) in [7, 11) is 1.78. The van der Waals surface area contributed by atoms with Gasteiger partial charge in [0.15, 0.2) is 0 Å². The lowest BCUT2D eigenvalue weighted by molar-refractivity contribution is 0.249. The predicted molar refractivity (Wildman–Crippen MR) is 65.7 cm³/mol. The van der Waals surface area contributed by atoms with Crippen LogP contribution in [0.1, 0.15) is 19.4 Å². The van der Waals surface area contributed by atoms with E-state index in [1.807, 2.05) is 6.92 Å². The van der Waals surface area contributed by atoms with Gasteiger partial charge in [0.05, 0.1) is 12.6 Å². The first-order valence-electron chi connectivity index (χ1n) is 5.47. The molecular weight excluding hydrogens is 204 g/mol. The molecule has 0 aromatic carbocycles. The van der Waals surface area contributed by atoms with Crippen LogP contribution in [0.25, 0.3) is 0 Å². The lowest BCUT2D eigenvalue weighted by atomic mass is 10.1. The fourth-order valence-corrected chi connectivity index (χ4v) is 1.31. The van der Waals surface area contributed by atoms with Gasteiger partial charge in [-0.3, -0.25) is 0 Å². The molecule has 16 heavy (non-hydrogen) atoms. The third-order valence-electron chi connectivity index (χ3n) is 2.52. The molecule has 0 radical (unpaired) electrons. The van der Waals surface area contributed by atoms with Crippen LogP contribution in [-0.4, -0.2) is 34.8 Å². The van der Waals surface area contributed by atoms with E-state index in [2.05, 4.69) is 34.4 Å². The minimum Gasteiger partial charge on any atom is -0.394 e. The fourth-order valence-electron chi connectivity index (χ4n) is 1.31. The third kappa shape index (κ3) is 3.06. The first-order chi connectivity index (χ1) is 7.58. The average molecular weight is 224 g/mol. The topological polar surface area (TPSA) is 70.1 Å². The van der Waals surface area contributed by atoms with Crippen LogP contribution in [-0.2, 0) is 0 Å². The van der Waals surface area contributed by atoms with Crippen molar-refractivity contribution in [3.8, 4) is 0 Å². The van der Waals surface area contributed by atoms with Crippen LogP contribution in [0.4, 0.5) is 11.8 Å². The zero-order valence-corrected chi connectivity index (χ0v) is 10.3. The van der Waals surface area contributed by atoms with Crippen molar-refractivity contribution in [1.82, 2.24) is 9.97 Å². The Bertz CT molecular complexity index is 341. The molecule has 1 rings (SSSR count). The van der Waals surface area contributed by atoms with Crippen molar-refractivity contribution in [3.05, 3.63) is 11.8 Å². The van der Waals surface area contributed by atoms with E-state index in [4.69, 9.17) is 0 Å². The molecule has 3 N–H and O–H groups in total. The van der Waals surface area contributed by atoms with Crippen LogP contribution in [0.5, 0.6) is 0 Å². The molecule has 0 aliphatic rings. The highest BCUT2D eigenvalue weighted by atomic mass is 16.3. The predicted octanol–water partition coefficient (Wildman–Crippen LogP) is 1.26. The number of aromatic nitrogens is 2. The Morgan fingerprint density at radius 2 is 2.12 bits per heavy atom. The summed E-state index contributed by atoms with van der Waals surface area (Å²) in [4.78, 5) is 8.43. The number of hydrogen-bond donors (Lipinski definition) is 3. The summed E-state index contributed by atoms with van der Waals surface area (Å²) in [5.74, 6) is 1.69. The van der Waals surface area contributed by atoms with E-state index in [-0.39, 0.29) is 12.6 Å². The molecule has 0 aliphatic carbocycles. The van der Waals surface area contributed by atoms with E-state index in [0.717, 1.165) is 11.4 Å². The second-order valence-electron chi connectivity index (χ2n) is 4.15. The maximum Gasteiger partial charge on any atom is 0.224 e. The molecule has 5 nitrogen and oxygen atoms in total. The van der Waals surface area contributed by atoms with Crippen LogP contribution >= 0.6 is 0 Å². The van der Waals surface area contributed by atoms with Crippen LogP contribution in [0.15, 0.2) is 6.20 Å². The summed E-state index contributed by atoms with van der Waals surface area (Å²) in [6.07, 6.45) is 1.76. The first-order valence-corrected chi connectivity index (χ1v) is 5.47. The smallest absolute Gasteiger partial charge is 0.224 e. The van der Waals surface area contributed by atoms with Gasteiger partial charge in [-0.05, 0) is 12.8 Å². The monoisotopic (exact) mass is 224 g/mol. The van der Waals surface area contributed by atoms with Gasteiger partial charge in [0.25, 0.3) is 0 Å². The molecule has 0 spiro atoms. The number of aliphatic hydroxyl groups excluding tert-OH is 1. The van der Waals surface area contributed by atoms with Crippen LogP contribution < -0.4 is 10.6 Å². The number of aryl methyl sites for hydroxylation is 1. The second-order valence-corrected chi connectivity index (χ2v) is 4.15. The first kappa shape index (κ1) is 12.7. The summed E-state index contributed by atoms with van der Waals surface area (Å²) >= 11 is 0. The summed E-state index contributed by atoms with van der Waals surface area (Å²) in [5.41, 5.74) is 0.970. The highest BCUT2D eigenvalue weighted by molar-refractivity contribution is 5.47. The Hall–Kier alpha value is -1.36. The highest BCUT2D eigenvalue weighted by Crippen LogP contribution is 2.15. The van der Waals surface area contributed by atoms with E-state index < -0.39 is 0 Å². The van der Waals surface area contributed by atoms with Crippen molar-refractivity contribution in [2.45, 2.75) is 26.8 Å². The van der Waals surface area contributed by atoms with E-state index in [1.54, 1.807) is 13.2 Å². The van der Waals surface area contributed by atoms with E-state index in [0.29, 0.717) is 11.9 Å². The molecule has 90 valence electrons. The summed E-state index contributed by atoms with van der Waals surface area (Å²) in [6, 6.07) is 0.0123. The zero-order valence-electron chi connectivity index (χ0n) is 10.3. The molecule has 0 saturated heterocycles. The van der Waals surface area contributed by atoms with Crippen molar-refractivity contribution in [3.63, 3.8) is 0 Å². The Balaban J connectivity index is 2.86. The number of nitrogens with zero attached hydrogens (tertiary/aromatic N) is 2. The number of anilines is 2. The number of aliphatic hydroxyl groups is 1. The lowest BCUT2D eigenvalue weighted by Crippen LogP contribution is -2.30. The molecule has 1 atom stereocenters. The van der Waals surface area contributed by atoms with Crippen LogP contribution in [0.2, 0.25) is 0 Å². The van der Waals surface area contributed by atoms with Crippen molar-refractivity contribution in [2.75, 3.05) is 24.3 Å². The number of hydrogen-bond acceptors (Lipinski definition) is 5. The summed E-state index contributed by atoms with van der Waals surface area (Å²) < 4.78 is 0. The van der Waals surface area contributed by atoms with E-state index in [9.17, 15) is 5.11 Å². The molecule has 1 aromatic rings. The minimum atomic E-state index is 0.0123. The highest BCUT2D eigenvalue weighted by Gasteiger charge is 2.14. The second kappa shape index (κ2) is 5.65. The average Bonchev–Trinajstić information content (AvgIpc) is 2.27. The number of rotatable bonds is 5. The molecule has 0 aliphatic heterocycles. The van der Waals surface area contributed by atoms with Crippen molar-refractivity contribution in [1.29, 1.82) is 0 Å².